The van der Waals surface area contributed by atoms with Crippen LogP contribution in [0.25, 0.3) is 22.5 Å². The molecule has 0 saturated carbocycles. The van der Waals surface area contributed by atoms with Gasteiger partial charge in [0.25, 0.3) is 0 Å². The monoisotopic (exact) mass is 346 g/mol. The van der Waals surface area contributed by atoms with Crippen molar-refractivity contribution in [1.82, 2.24) is 15.0 Å². The highest BCUT2D eigenvalue weighted by Gasteiger charge is 2.28. The number of para-hydroxylation sites is 1. The maximum atomic E-state index is 4.63. The van der Waals surface area contributed by atoms with Gasteiger partial charge in [-0.3, -0.25) is 0 Å². The molecule has 2 aromatic carbocycles. The number of aromatic nitrogens is 3. The van der Waals surface area contributed by atoms with E-state index in [9.17, 15) is 0 Å². The topological polar surface area (TPSA) is 34.0 Å². The van der Waals surface area contributed by atoms with E-state index in [1.165, 1.54) is 22.4 Å². The van der Waals surface area contributed by atoms with Gasteiger partial charge >= 0.3 is 0 Å². The summed E-state index contributed by atoms with van der Waals surface area (Å²) in [6.07, 6.45) is 1.02. The number of nitrogens with zero attached hydrogens (tertiary/aromatic N) is 4. The fourth-order valence-electron chi connectivity index (χ4n) is 3.75. The van der Waals surface area contributed by atoms with Crippen LogP contribution in [0.1, 0.15) is 45.7 Å². The molecule has 3 aromatic rings. The molecule has 1 atom stereocenters. The van der Waals surface area contributed by atoms with Crippen molar-refractivity contribution in [2.24, 2.45) is 0 Å². The fourth-order valence-corrected chi connectivity index (χ4v) is 3.75. The summed E-state index contributed by atoms with van der Waals surface area (Å²) in [4.78, 5) is 2.48. The summed E-state index contributed by atoms with van der Waals surface area (Å²) >= 11 is 0. The zero-order valence-corrected chi connectivity index (χ0v) is 16.0. The van der Waals surface area contributed by atoms with Crippen molar-refractivity contribution in [3.05, 3.63) is 54.1 Å². The third-order valence-electron chi connectivity index (χ3n) is 5.41. The standard InChI is InChI=1S/C22H26N4/c1-5-16(4)26-22-19-12-8-9-13-20(19)25(15(2)3)14-17-10-6-7-11-18(17)21(22)23-24-26/h6-13,15-16H,5,14H2,1-4H3. The molecule has 0 bridgehead atoms. The van der Waals surface area contributed by atoms with E-state index in [4.69, 9.17) is 0 Å². The minimum Gasteiger partial charge on any atom is -0.364 e. The van der Waals surface area contributed by atoms with Crippen LogP contribution in [0.15, 0.2) is 48.5 Å². The van der Waals surface area contributed by atoms with Crippen LogP contribution in [0.3, 0.4) is 0 Å². The fraction of sp³-hybridized carbons (Fsp3) is 0.364. The lowest BCUT2D eigenvalue weighted by Gasteiger charge is -2.33. The molecule has 0 N–H and O–H groups in total. The normalized spacial score (nSPS) is 14.3. The Morgan fingerprint density at radius 2 is 1.65 bits per heavy atom. The number of hydrogen-bond acceptors (Lipinski definition) is 3. The molecule has 4 nitrogen and oxygen atoms in total. The van der Waals surface area contributed by atoms with Gasteiger partial charge in [-0.15, -0.1) is 5.10 Å². The highest BCUT2D eigenvalue weighted by atomic mass is 15.4. The van der Waals surface area contributed by atoms with E-state index in [1.807, 2.05) is 0 Å². The number of anilines is 1. The SMILES string of the molecule is CCC(C)n1nnc2c1-c1ccccc1N(C(C)C)Cc1ccccc1-2. The highest BCUT2D eigenvalue weighted by Crippen LogP contribution is 2.42. The maximum absolute atomic E-state index is 4.63. The summed E-state index contributed by atoms with van der Waals surface area (Å²) in [6.45, 7) is 9.79. The molecule has 0 amide bonds. The second-order valence-electron chi connectivity index (χ2n) is 7.38. The van der Waals surface area contributed by atoms with E-state index >= 15 is 0 Å². The Balaban J connectivity index is 2.07. The van der Waals surface area contributed by atoms with Crippen LogP contribution in [-0.2, 0) is 6.54 Å². The van der Waals surface area contributed by atoms with Crippen molar-refractivity contribution in [2.45, 2.75) is 52.7 Å². The first kappa shape index (κ1) is 16.8. The van der Waals surface area contributed by atoms with Crippen LogP contribution in [0, 0.1) is 0 Å². The van der Waals surface area contributed by atoms with Gasteiger partial charge in [0.2, 0.25) is 0 Å². The summed E-state index contributed by atoms with van der Waals surface area (Å²) in [5.74, 6) is 0. The van der Waals surface area contributed by atoms with Gasteiger partial charge in [0, 0.05) is 29.4 Å². The molecule has 0 saturated heterocycles. The molecule has 134 valence electrons. The van der Waals surface area contributed by atoms with Crippen molar-refractivity contribution < 1.29 is 0 Å². The Hall–Kier alpha value is -2.62. The molecule has 1 aliphatic rings. The minimum absolute atomic E-state index is 0.304. The third kappa shape index (κ3) is 2.61. The first-order valence-corrected chi connectivity index (χ1v) is 9.51. The van der Waals surface area contributed by atoms with Crippen LogP contribution in [0.5, 0.6) is 0 Å². The smallest absolute Gasteiger partial charge is 0.121 e. The quantitative estimate of drug-likeness (QED) is 0.644. The minimum atomic E-state index is 0.304. The number of fused-ring (bicyclic) bond motifs is 5. The van der Waals surface area contributed by atoms with Gasteiger partial charge in [0.1, 0.15) is 5.69 Å². The zero-order valence-electron chi connectivity index (χ0n) is 16.0. The molecule has 1 aromatic heterocycles. The Kier molecular flexibility index (Phi) is 4.27. The van der Waals surface area contributed by atoms with E-state index < -0.39 is 0 Å². The van der Waals surface area contributed by atoms with Crippen molar-refractivity contribution >= 4 is 5.69 Å². The predicted octanol–water partition coefficient (Wildman–Crippen LogP) is 5.31. The lowest BCUT2D eigenvalue weighted by Crippen LogP contribution is -2.31. The maximum Gasteiger partial charge on any atom is 0.121 e. The van der Waals surface area contributed by atoms with Crippen LogP contribution in [0.4, 0.5) is 5.69 Å². The van der Waals surface area contributed by atoms with Gasteiger partial charge in [-0.2, -0.15) is 0 Å². The molecule has 2 heterocycles. The Bertz CT molecular complexity index is 925. The van der Waals surface area contributed by atoms with Crippen LogP contribution >= 0.6 is 0 Å². The van der Waals surface area contributed by atoms with Crippen molar-refractivity contribution in [1.29, 1.82) is 0 Å². The molecule has 1 unspecified atom stereocenters. The highest BCUT2D eigenvalue weighted by molar-refractivity contribution is 5.88. The summed E-state index contributed by atoms with van der Waals surface area (Å²) < 4.78 is 2.11. The molecule has 26 heavy (non-hydrogen) atoms. The van der Waals surface area contributed by atoms with Crippen molar-refractivity contribution in [2.75, 3.05) is 4.90 Å². The van der Waals surface area contributed by atoms with Crippen LogP contribution < -0.4 is 4.90 Å². The third-order valence-corrected chi connectivity index (χ3v) is 5.41. The first-order valence-electron chi connectivity index (χ1n) is 9.51. The molecule has 0 aliphatic carbocycles. The average molecular weight is 346 g/mol. The van der Waals surface area contributed by atoms with Crippen LogP contribution in [0.2, 0.25) is 0 Å². The van der Waals surface area contributed by atoms with E-state index in [0.29, 0.717) is 12.1 Å². The predicted molar refractivity (Wildman–Crippen MR) is 107 cm³/mol. The average Bonchev–Trinajstić information content (AvgIpc) is 3.08. The van der Waals surface area contributed by atoms with Gasteiger partial charge in [0.15, 0.2) is 0 Å². The summed E-state index contributed by atoms with van der Waals surface area (Å²) in [5, 5.41) is 9.20. The molecule has 4 rings (SSSR count). The molecule has 4 heteroatoms. The zero-order chi connectivity index (χ0) is 18.3. The summed E-state index contributed by atoms with van der Waals surface area (Å²) in [6, 6.07) is 18.0. The van der Waals surface area contributed by atoms with Gasteiger partial charge in [0.05, 0.1) is 11.7 Å². The molecular weight excluding hydrogens is 320 g/mol. The Morgan fingerprint density at radius 1 is 0.962 bits per heavy atom. The van der Waals surface area contributed by atoms with Gasteiger partial charge < -0.3 is 4.90 Å². The van der Waals surface area contributed by atoms with Crippen molar-refractivity contribution in [3.63, 3.8) is 0 Å². The van der Waals surface area contributed by atoms with Gasteiger partial charge in [-0.1, -0.05) is 54.6 Å². The summed E-state index contributed by atoms with van der Waals surface area (Å²) in [5.41, 5.74) is 7.09. The molecule has 0 radical (unpaired) electrons. The summed E-state index contributed by atoms with van der Waals surface area (Å²) in [7, 11) is 0. The Labute approximate surface area is 155 Å². The largest absolute Gasteiger partial charge is 0.364 e. The number of hydrogen-bond donors (Lipinski definition) is 0. The number of benzene rings is 2. The van der Waals surface area contributed by atoms with E-state index in [1.54, 1.807) is 0 Å². The number of rotatable bonds is 3. The van der Waals surface area contributed by atoms with Gasteiger partial charge in [-0.05, 0) is 38.8 Å². The second kappa shape index (κ2) is 6.60. The molecule has 0 spiro atoms. The molecule has 1 aliphatic heterocycles. The van der Waals surface area contributed by atoms with Crippen molar-refractivity contribution in [3.8, 4) is 22.5 Å². The van der Waals surface area contributed by atoms with E-state index in [-0.39, 0.29) is 0 Å². The van der Waals surface area contributed by atoms with E-state index in [2.05, 4.69) is 96.1 Å². The lowest BCUT2D eigenvalue weighted by molar-refractivity contribution is 0.469. The van der Waals surface area contributed by atoms with Gasteiger partial charge in [-0.25, -0.2) is 4.68 Å². The van der Waals surface area contributed by atoms with Crippen LogP contribution in [-0.4, -0.2) is 21.0 Å². The molecule has 0 fully saturated rings. The molecular formula is C22H26N4. The lowest BCUT2D eigenvalue weighted by atomic mass is 9.95. The Morgan fingerprint density at radius 3 is 2.38 bits per heavy atom. The van der Waals surface area contributed by atoms with E-state index in [0.717, 1.165) is 24.4 Å². The first-order chi connectivity index (χ1) is 12.6. The second-order valence-corrected chi connectivity index (χ2v) is 7.38.